The summed E-state index contributed by atoms with van der Waals surface area (Å²) < 4.78 is 0. The van der Waals surface area contributed by atoms with Crippen molar-refractivity contribution in [2.24, 2.45) is 10.2 Å². The summed E-state index contributed by atoms with van der Waals surface area (Å²) in [7, 11) is 0. The summed E-state index contributed by atoms with van der Waals surface area (Å²) in [6, 6.07) is -1.77. The maximum Gasteiger partial charge on any atom is 0.324 e. The summed E-state index contributed by atoms with van der Waals surface area (Å²) >= 11 is 0. The van der Waals surface area contributed by atoms with E-state index in [9.17, 15) is 14.4 Å². The first-order valence-electron chi connectivity index (χ1n) is 8.95. The number of amides is 3. The van der Waals surface area contributed by atoms with E-state index in [4.69, 9.17) is 0 Å². The largest absolute Gasteiger partial charge is 0.338 e. The fraction of sp³-hybridized carbons (Fsp3) is 0.611. The van der Waals surface area contributed by atoms with Gasteiger partial charge in [-0.25, -0.2) is 4.79 Å². The van der Waals surface area contributed by atoms with Crippen molar-refractivity contribution < 1.29 is 14.4 Å². The Morgan fingerprint density at radius 3 is 2.68 bits per heavy atom. The Morgan fingerprint density at radius 1 is 1.32 bits per heavy atom. The summed E-state index contributed by atoms with van der Waals surface area (Å²) in [5.74, 6) is -0.631. The zero-order valence-corrected chi connectivity index (χ0v) is 15.1. The molecule has 0 bridgehead atoms. The molecule has 1 N–H and O–H groups in total. The lowest BCUT2D eigenvalue weighted by molar-refractivity contribution is -0.132. The molecule has 0 aromatic heterocycles. The molecule has 3 amide bonds. The predicted molar refractivity (Wildman–Crippen MR) is 96.1 cm³/mol. The van der Waals surface area contributed by atoms with Crippen LogP contribution < -0.4 is 5.32 Å². The van der Waals surface area contributed by atoms with Gasteiger partial charge in [-0.2, -0.15) is 10.2 Å². The number of unbranched alkanes of at least 4 members (excludes halogenated alkanes) is 2. The molecule has 0 aromatic rings. The van der Waals surface area contributed by atoms with Crippen molar-refractivity contribution in [1.82, 2.24) is 10.2 Å². The molecule has 0 radical (unpaired) electrons. The molecule has 7 nitrogen and oxygen atoms in total. The van der Waals surface area contributed by atoms with Gasteiger partial charge in [-0.1, -0.05) is 38.8 Å². The number of rotatable bonds is 10. The van der Waals surface area contributed by atoms with Crippen LogP contribution in [0.4, 0.5) is 4.79 Å². The quantitative estimate of drug-likeness (QED) is 0.284. The first-order chi connectivity index (χ1) is 12.1. The fourth-order valence-corrected chi connectivity index (χ4v) is 2.20. The third kappa shape index (κ3) is 7.41. The van der Waals surface area contributed by atoms with Crippen LogP contribution in [0.3, 0.4) is 0 Å². The zero-order chi connectivity index (χ0) is 18.5. The second-order valence-corrected chi connectivity index (χ2v) is 5.85. The monoisotopic (exact) mass is 348 g/mol. The van der Waals surface area contributed by atoms with Crippen LogP contribution in [0.25, 0.3) is 0 Å². The lowest BCUT2D eigenvalue weighted by atomic mass is 10.1. The van der Waals surface area contributed by atoms with Crippen LogP contribution >= 0.6 is 0 Å². The van der Waals surface area contributed by atoms with Gasteiger partial charge in [0.25, 0.3) is 5.91 Å². The number of carbonyl (C=O) groups is 3. The molecule has 25 heavy (non-hydrogen) atoms. The fourth-order valence-electron chi connectivity index (χ4n) is 2.20. The van der Waals surface area contributed by atoms with Crippen molar-refractivity contribution in [1.29, 1.82) is 0 Å². The molecule has 0 aliphatic heterocycles. The van der Waals surface area contributed by atoms with Crippen LogP contribution in [0, 0.1) is 0 Å². The predicted octanol–water partition coefficient (Wildman–Crippen LogP) is 3.38. The first-order valence-corrected chi connectivity index (χ1v) is 8.95. The Bertz CT molecular complexity index is 540. The summed E-state index contributed by atoms with van der Waals surface area (Å²) in [4.78, 5) is 37.2. The van der Waals surface area contributed by atoms with Gasteiger partial charge in [-0.15, -0.1) is 0 Å². The van der Waals surface area contributed by atoms with Crippen LogP contribution in [-0.2, 0) is 9.59 Å². The number of azo groups is 1. The number of allylic oxidation sites excluding steroid dienone is 4. The van der Waals surface area contributed by atoms with E-state index in [2.05, 4.69) is 15.5 Å². The third-order valence-corrected chi connectivity index (χ3v) is 3.74. The normalized spacial score (nSPS) is 14.9. The molecule has 0 saturated heterocycles. The molecule has 0 aromatic carbocycles. The number of carbonyl (C=O) groups excluding carboxylic acids is 3. The van der Waals surface area contributed by atoms with E-state index in [1.807, 2.05) is 26.0 Å². The van der Waals surface area contributed by atoms with E-state index in [0.717, 1.165) is 42.7 Å². The molecular formula is C18H28N4O3. The molecular weight excluding hydrogens is 320 g/mol. The van der Waals surface area contributed by atoms with Crippen molar-refractivity contribution in [3.63, 3.8) is 0 Å². The molecule has 0 spiro atoms. The van der Waals surface area contributed by atoms with Crippen LogP contribution in [0.5, 0.6) is 0 Å². The molecule has 0 fully saturated rings. The van der Waals surface area contributed by atoms with E-state index >= 15 is 0 Å². The maximum absolute atomic E-state index is 12.6. The van der Waals surface area contributed by atoms with E-state index in [-0.39, 0.29) is 6.54 Å². The molecule has 1 unspecified atom stereocenters. The maximum atomic E-state index is 12.6. The molecule has 0 saturated carbocycles. The standard InChI is InChI=1S/C18H28N4O3/c1-3-5-12-19-18(25)22(13-6-4-2)17(24)16(14-23)21-20-15-10-8-7-9-11-15/h7-8,10,14,16H,3-6,9,11-13H2,1-2H3,(H,19,25). The average molecular weight is 348 g/mol. The number of aldehydes is 1. The molecule has 1 aliphatic rings. The van der Waals surface area contributed by atoms with Gasteiger partial charge in [0, 0.05) is 13.1 Å². The minimum absolute atomic E-state index is 0.262. The Kier molecular flexibility index (Phi) is 10.0. The number of urea groups is 1. The van der Waals surface area contributed by atoms with Crippen molar-refractivity contribution in [3.8, 4) is 0 Å². The van der Waals surface area contributed by atoms with E-state index in [1.165, 1.54) is 0 Å². The highest BCUT2D eigenvalue weighted by Crippen LogP contribution is 2.14. The first kappa shape index (κ1) is 20.7. The Morgan fingerprint density at radius 2 is 2.08 bits per heavy atom. The molecule has 1 atom stereocenters. The smallest absolute Gasteiger partial charge is 0.324 e. The Labute approximate surface area is 149 Å². The number of hydrogen-bond donors (Lipinski definition) is 1. The highest BCUT2D eigenvalue weighted by Gasteiger charge is 2.28. The minimum Gasteiger partial charge on any atom is -0.338 e. The average Bonchev–Trinajstić information content (AvgIpc) is 2.63. The lowest BCUT2D eigenvalue weighted by Crippen LogP contribution is -2.48. The van der Waals surface area contributed by atoms with Gasteiger partial charge in [-0.3, -0.25) is 9.69 Å². The van der Waals surface area contributed by atoms with Gasteiger partial charge in [0.1, 0.15) is 0 Å². The minimum atomic E-state index is -1.29. The highest BCUT2D eigenvalue weighted by molar-refractivity contribution is 6.04. The van der Waals surface area contributed by atoms with Crippen molar-refractivity contribution >= 4 is 18.2 Å². The van der Waals surface area contributed by atoms with Crippen molar-refractivity contribution in [3.05, 3.63) is 23.9 Å². The second kappa shape index (κ2) is 12.1. The van der Waals surface area contributed by atoms with Crippen molar-refractivity contribution in [2.45, 2.75) is 58.4 Å². The van der Waals surface area contributed by atoms with Crippen LogP contribution in [0.2, 0.25) is 0 Å². The van der Waals surface area contributed by atoms with Gasteiger partial charge in [0.05, 0.1) is 5.70 Å². The molecule has 7 heteroatoms. The molecule has 138 valence electrons. The van der Waals surface area contributed by atoms with Gasteiger partial charge >= 0.3 is 6.03 Å². The van der Waals surface area contributed by atoms with Crippen molar-refractivity contribution in [2.75, 3.05) is 13.1 Å². The Hall–Kier alpha value is -2.31. The van der Waals surface area contributed by atoms with Crippen LogP contribution in [0.15, 0.2) is 34.2 Å². The number of nitrogens with zero attached hydrogens (tertiary/aromatic N) is 3. The van der Waals surface area contributed by atoms with Crippen LogP contribution in [-0.4, -0.2) is 42.3 Å². The van der Waals surface area contributed by atoms with Gasteiger partial charge in [0.15, 0.2) is 6.29 Å². The molecule has 1 aliphatic carbocycles. The number of imide groups is 1. The second-order valence-electron chi connectivity index (χ2n) is 5.85. The zero-order valence-electron chi connectivity index (χ0n) is 15.1. The third-order valence-electron chi connectivity index (χ3n) is 3.74. The summed E-state index contributed by atoms with van der Waals surface area (Å²) in [5, 5.41) is 10.6. The van der Waals surface area contributed by atoms with E-state index in [0.29, 0.717) is 19.3 Å². The van der Waals surface area contributed by atoms with Crippen LogP contribution in [0.1, 0.15) is 52.4 Å². The van der Waals surface area contributed by atoms with Gasteiger partial charge in [0.2, 0.25) is 6.04 Å². The van der Waals surface area contributed by atoms with Gasteiger partial charge in [-0.05, 0) is 31.8 Å². The molecule has 0 heterocycles. The lowest BCUT2D eigenvalue weighted by Gasteiger charge is -2.22. The Balaban J connectivity index is 2.78. The van der Waals surface area contributed by atoms with E-state index < -0.39 is 18.0 Å². The van der Waals surface area contributed by atoms with Gasteiger partial charge < -0.3 is 10.1 Å². The number of nitrogens with one attached hydrogen (secondary N) is 1. The summed E-state index contributed by atoms with van der Waals surface area (Å²) in [6.07, 6.45) is 11.0. The summed E-state index contributed by atoms with van der Waals surface area (Å²) in [6.45, 7) is 4.75. The highest BCUT2D eigenvalue weighted by atomic mass is 16.2. The van der Waals surface area contributed by atoms with E-state index in [1.54, 1.807) is 6.08 Å². The SMILES string of the molecule is CCCCNC(=O)N(CCCC)C(=O)C(C=O)N=NC1=CC=CCC1. The summed E-state index contributed by atoms with van der Waals surface area (Å²) in [5.41, 5.74) is 0.717. The topological polar surface area (TPSA) is 91.2 Å². The number of hydrogen-bond acceptors (Lipinski definition) is 5. The molecule has 1 rings (SSSR count).